The van der Waals surface area contributed by atoms with Crippen LogP contribution in [-0.4, -0.2) is 27.6 Å². The number of nitrogens with one attached hydrogen (secondary N) is 2. The maximum Gasteiger partial charge on any atom is 0.273 e. The molecule has 0 bridgehead atoms. The Labute approximate surface area is 216 Å². The van der Waals surface area contributed by atoms with Gasteiger partial charge in [-0.05, 0) is 47.9 Å². The van der Waals surface area contributed by atoms with Crippen LogP contribution < -0.4 is 10.6 Å². The lowest BCUT2D eigenvalue weighted by Gasteiger charge is -2.30. The van der Waals surface area contributed by atoms with Crippen molar-refractivity contribution in [1.82, 2.24) is 20.4 Å². The first kappa shape index (κ1) is 26.1. The molecule has 192 valence electrons. The summed E-state index contributed by atoms with van der Waals surface area (Å²) in [5, 5.41) is 11.4. The molecule has 1 saturated carbocycles. The van der Waals surface area contributed by atoms with Crippen LogP contribution >= 0.6 is 11.6 Å². The minimum Gasteiger partial charge on any atom is -0.350 e. The molecule has 1 heterocycles. The number of halogens is 2. The Morgan fingerprint density at radius 1 is 1.14 bits per heavy atom. The third kappa shape index (κ3) is 6.06. The number of hydrogen-bond acceptors (Lipinski definition) is 3. The fourth-order valence-corrected chi connectivity index (χ4v) is 5.13. The standard InChI is InChI=1S/C28H34ClFN4O2/c1-28(2,3)25(27(36)31-16-19-11-7-12-20(29)15-19)32-26(35)23-21-13-8-14-22(30)24(21)34(33-23)17-18-9-5-4-6-10-18/h7-8,11-15,18,25H,4-6,9-10,16-17H2,1-3H3,(H,31,36)(H,32,35)/t25-/m1/s1. The lowest BCUT2D eigenvalue weighted by atomic mass is 9.86. The van der Waals surface area contributed by atoms with Crippen molar-refractivity contribution in [2.45, 2.75) is 72.0 Å². The number of hydrogen-bond donors (Lipinski definition) is 2. The van der Waals surface area contributed by atoms with E-state index in [1.807, 2.05) is 32.9 Å². The molecule has 8 heteroatoms. The Balaban J connectivity index is 1.56. The predicted molar refractivity (Wildman–Crippen MR) is 140 cm³/mol. The summed E-state index contributed by atoms with van der Waals surface area (Å²) in [5.41, 5.74) is 0.765. The van der Waals surface area contributed by atoms with Crippen molar-refractivity contribution in [3.63, 3.8) is 0 Å². The highest BCUT2D eigenvalue weighted by atomic mass is 35.5. The topological polar surface area (TPSA) is 76.0 Å². The van der Waals surface area contributed by atoms with Gasteiger partial charge in [0, 0.05) is 23.5 Å². The van der Waals surface area contributed by atoms with Gasteiger partial charge in [0.15, 0.2) is 5.69 Å². The number of nitrogens with zero attached hydrogens (tertiary/aromatic N) is 2. The van der Waals surface area contributed by atoms with Crippen LogP contribution in [0.3, 0.4) is 0 Å². The smallest absolute Gasteiger partial charge is 0.273 e. The Kier molecular flexibility index (Phi) is 7.98. The molecular weight excluding hydrogens is 479 g/mol. The maximum atomic E-state index is 14.9. The summed E-state index contributed by atoms with van der Waals surface area (Å²) in [6, 6.07) is 11.1. The third-order valence-corrected chi connectivity index (χ3v) is 7.09. The van der Waals surface area contributed by atoms with E-state index in [0.717, 1.165) is 31.2 Å². The molecule has 1 atom stereocenters. The van der Waals surface area contributed by atoms with Gasteiger partial charge in [0.05, 0.1) is 0 Å². The highest BCUT2D eigenvalue weighted by molar-refractivity contribution is 6.30. The van der Waals surface area contributed by atoms with Crippen molar-refractivity contribution in [1.29, 1.82) is 0 Å². The Bertz CT molecular complexity index is 1240. The molecule has 0 unspecified atom stereocenters. The number of carbonyl (C=O) groups is 2. The van der Waals surface area contributed by atoms with Gasteiger partial charge in [-0.2, -0.15) is 5.10 Å². The first-order valence-corrected chi connectivity index (χ1v) is 13.0. The van der Waals surface area contributed by atoms with E-state index in [0.29, 0.717) is 28.4 Å². The molecule has 0 aliphatic heterocycles. The number of rotatable bonds is 7. The molecule has 36 heavy (non-hydrogen) atoms. The quantitative estimate of drug-likeness (QED) is 0.415. The van der Waals surface area contributed by atoms with Crippen molar-refractivity contribution in [2.75, 3.05) is 0 Å². The highest BCUT2D eigenvalue weighted by Crippen LogP contribution is 2.29. The van der Waals surface area contributed by atoms with Crippen LogP contribution in [0.1, 0.15) is 68.9 Å². The zero-order chi connectivity index (χ0) is 25.9. The van der Waals surface area contributed by atoms with Crippen LogP contribution in [0.2, 0.25) is 5.02 Å². The molecule has 0 spiro atoms. The fraction of sp³-hybridized carbons (Fsp3) is 0.464. The predicted octanol–water partition coefficient (Wildman–Crippen LogP) is 5.87. The van der Waals surface area contributed by atoms with Crippen molar-refractivity contribution < 1.29 is 14.0 Å². The average molecular weight is 513 g/mol. The van der Waals surface area contributed by atoms with E-state index in [1.165, 1.54) is 12.5 Å². The van der Waals surface area contributed by atoms with Crippen LogP contribution in [0, 0.1) is 17.2 Å². The molecule has 0 saturated heterocycles. The van der Waals surface area contributed by atoms with Gasteiger partial charge in [0.1, 0.15) is 17.4 Å². The van der Waals surface area contributed by atoms with E-state index in [9.17, 15) is 14.0 Å². The number of benzene rings is 2. The minimum atomic E-state index is -0.823. The normalized spacial score (nSPS) is 15.6. The summed E-state index contributed by atoms with van der Waals surface area (Å²) in [6.45, 7) is 6.52. The zero-order valence-corrected chi connectivity index (χ0v) is 21.9. The Morgan fingerprint density at radius 2 is 1.86 bits per heavy atom. The summed E-state index contributed by atoms with van der Waals surface area (Å²) in [4.78, 5) is 26.6. The summed E-state index contributed by atoms with van der Waals surface area (Å²) in [5.74, 6) is -0.794. The summed E-state index contributed by atoms with van der Waals surface area (Å²) >= 11 is 6.05. The summed E-state index contributed by atoms with van der Waals surface area (Å²) < 4.78 is 16.5. The van der Waals surface area contributed by atoms with Gasteiger partial charge < -0.3 is 10.6 Å². The number of para-hydroxylation sites is 1. The van der Waals surface area contributed by atoms with E-state index >= 15 is 0 Å². The minimum absolute atomic E-state index is 0.136. The van der Waals surface area contributed by atoms with Crippen molar-refractivity contribution in [3.8, 4) is 0 Å². The highest BCUT2D eigenvalue weighted by Gasteiger charge is 2.34. The first-order chi connectivity index (χ1) is 17.1. The second-order valence-corrected chi connectivity index (χ2v) is 11.2. The van der Waals surface area contributed by atoms with Crippen molar-refractivity contribution in [3.05, 3.63) is 64.6 Å². The van der Waals surface area contributed by atoms with Gasteiger partial charge in [0.2, 0.25) is 5.91 Å². The average Bonchev–Trinajstić information content (AvgIpc) is 3.20. The molecule has 1 aromatic heterocycles. The molecule has 2 aromatic carbocycles. The molecule has 4 rings (SSSR count). The van der Waals surface area contributed by atoms with Gasteiger partial charge in [-0.3, -0.25) is 14.3 Å². The first-order valence-electron chi connectivity index (χ1n) is 12.6. The SMILES string of the molecule is CC(C)(C)[C@H](NC(=O)c1nn(CC2CCCCC2)c2c(F)cccc12)C(=O)NCc1cccc(Cl)c1. The molecule has 3 aromatic rings. The molecule has 6 nitrogen and oxygen atoms in total. The molecule has 2 N–H and O–H groups in total. The van der Waals surface area contributed by atoms with Gasteiger partial charge in [-0.15, -0.1) is 0 Å². The van der Waals surface area contributed by atoms with E-state index in [1.54, 1.807) is 28.9 Å². The van der Waals surface area contributed by atoms with E-state index in [4.69, 9.17) is 11.6 Å². The lowest BCUT2D eigenvalue weighted by Crippen LogP contribution is -2.53. The molecule has 1 aliphatic carbocycles. The van der Waals surface area contributed by atoms with E-state index < -0.39 is 23.2 Å². The van der Waals surface area contributed by atoms with Gasteiger partial charge >= 0.3 is 0 Å². The largest absolute Gasteiger partial charge is 0.350 e. The molecule has 1 aliphatic rings. The van der Waals surface area contributed by atoms with Crippen LogP contribution in [0.5, 0.6) is 0 Å². The van der Waals surface area contributed by atoms with Crippen LogP contribution in [0.25, 0.3) is 10.9 Å². The molecular formula is C28H34ClFN4O2. The molecule has 2 amide bonds. The van der Waals surface area contributed by atoms with Crippen LogP contribution in [0.4, 0.5) is 4.39 Å². The van der Waals surface area contributed by atoms with Crippen molar-refractivity contribution >= 4 is 34.3 Å². The fourth-order valence-electron chi connectivity index (χ4n) is 4.92. The van der Waals surface area contributed by atoms with Gasteiger partial charge in [-0.1, -0.05) is 75.9 Å². The summed E-state index contributed by atoms with van der Waals surface area (Å²) in [6.07, 6.45) is 5.72. The van der Waals surface area contributed by atoms with Crippen LogP contribution in [-0.2, 0) is 17.9 Å². The number of fused-ring (bicyclic) bond motifs is 1. The second-order valence-electron chi connectivity index (χ2n) is 10.8. The number of aromatic nitrogens is 2. The lowest BCUT2D eigenvalue weighted by molar-refractivity contribution is -0.125. The van der Waals surface area contributed by atoms with Crippen molar-refractivity contribution in [2.24, 2.45) is 11.3 Å². The molecule has 0 radical (unpaired) electrons. The van der Waals surface area contributed by atoms with E-state index in [-0.39, 0.29) is 18.1 Å². The number of carbonyl (C=O) groups excluding carboxylic acids is 2. The monoisotopic (exact) mass is 512 g/mol. The molecule has 1 fully saturated rings. The van der Waals surface area contributed by atoms with E-state index in [2.05, 4.69) is 15.7 Å². The van der Waals surface area contributed by atoms with Gasteiger partial charge in [0.25, 0.3) is 5.91 Å². The zero-order valence-electron chi connectivity index (χ0n) is 21.1. The second kappa shape index (κ2) is 11.0. The summed E-state index contributed by atoms with van der Waals surface area (Å²) in [7, 11) is 0. The Morgan fingerprint density at radius 3 is 2.56 bits per heavy atom. The maximum absolute atomic E-state index is 14.9. The third-order valence-electron chi connectivity index (χ3n) is 6.85. The number of amides is 2. The van der Waals surface area contributed by atoms with Crippen LogP contribution in [0.15, 0.2) is 42.5 Å². The van der Waals surface area contributed by atoms with Gasteiger partial charge in [-0.25, -0.2) is 4.39 Å². The Hall–Kier alpha value is -2.93.